The van der Waals surface area contributed by atoms with Gasteiger partial charge in [-0.1, -0.05) is 38.1 Å². The van der Waals surface area contributed by atoms with Gasteiger partial charge in [0.2, 0.25) is 0 Å². The van der Waals surface area contributed by atoms with E-state index in [-0.39, 0.29) is 22.7 Å². The number of nitrogens with one attached hydrogen (secondary N) is 2. The summed E-state index contributed by atoms with van der Waals surface area (Å²) in [6.45, 7) is 7.29. The van der Waals surface area contributed by atoms with Crippen LogP contribution in [0.4, 0.5) is 26.8 Å². The van der Waals surface area contributed by atoms with E-state index in [1.807, 2.05) is 20.8 Å². The lowest BCUT2D eigenvalue weighted by atomic mass is 9.93. The number of amides is 4. The molecule has 11 heteroatoms. The second-order valence-corrected chi connectivity index (χ2v) is 9.73. The molecule has 0 spiro atoms. The smallest absolute Gasteiger partial charge is 0.409 e. The van der Waals surface area contributed by atoms with Crippen molar-refractivity contribution in [2.24, 2.45) is 0 Å². The predicted molar refractivity (Wildman–Crippen MR) is 138 cm³/mol. The molecule has 3 heterocycles. The molecule has 4 amide bonds. The number of carbonyl (C=O) groups excluding carboxylic acids is 3. The molecule has 4 rings (SSSR count). The maximum atomic E-state index is 12.9. The summed E-state index contributed by atoms with van der Waals surface area (Å²) in [4.78, 5) is 45.0. The van der Waals surface area contributed by atoms with Crippen molar-refractivity contribution in [1.29, 1.82) is 0 Å². The number of nitrogens with zero attached hydrogens (tertiary/aromatic N) is 4. The van der Waals surface area contributed by atoms with E-state index in [1.165, 1.54) is 23.2 Å². The zero-order chi connectivity index (χ0) is 26.6. The second kappa shape index (κ2) is 10.7. The average Bonchev–Trinajstić information content (AvgIpc) is 3.57. The Hall–Kier alpha value is -4.41. The Bertz CT molecular complexity index is 1280. The molecular weight excluding hydrogens is 476 g/mol. The van der Waals surface area contributed by atoms with Crippen molar-refractivity contribution < 1.29 is 23.6 Å². The number of rotatable bonds is 5. The molecule has 2 aromatic heterocycles. The van der Waals surface area contributed by atoms with Crippen molar-refractivity contribution in [2.75, 3.05) is 35.7 Å². The van der Waals surface area contributed by atoms with Crippen LogP contribution >= 0.6 is 0 Å². The van der Waals surface area contributed by atoms with Crippen molar-refractivity contribution in [3.63, 3.8) is 0 Å². The third-order valence-electron chi connectivity index (χ3n) is 5.84. The van der Waals surface area contributed by atoms with Crippen LogP contribution in [0.5, 0.6) is 5.75 Å². The lowest BCUT2D eigenvalue weighted by molar-refractivity contribution is 0.102. The largest absolute Gasteiger partial charge is 0.415 e. The second-order valence-electron chi connectivity index (χ2n) is 9.73. The molecule has 0 atom stereocenters. The summed E-state index contributed by atoms with van der Waals surface area (Å²) in [5, 5.41) is 9.39. The first-order chi connectivity index (χ1) is 17.6. The highest BCUT2D eigenvalue weighted by Crippen LogP contribution is 2.27. The number of hydrogen-bond donors (Lipinski definition) is 2. The van der Waals surface area contributed by atoms with Crippen LogP contribution in [-0.4, -0.2) is 53.2 Å². The van der Waals surface area contributed by atoms with E-state index in [1.54, 1.807) is 42.3 Å². The van der Waals surface area contributed by atoms with Gasteiger partial charge in [0.25, 0.3) is 5.91 Å². The normalized spacial score (nSPS) is 13.2. The van der Waals surface area contributed by atoms with Crippen LogP contribution in [-0.2, 0) is 5.41 Å². The fourth-order valence-corrected chi connectivity index (χ4v) is 3.69. The number of hydrogen-bond acceptors (Lipinski definition) is 7. The maximum Gasteiger partial charge on any atom is 0.415 e. The van der Waals surface area contributed by atoms with E-state index in [0.717, 1.165) is 12.8 Å². The number of urea groups is 1. The highest BCUT2D eigenvalue weighted by atomic mass is 16.6. The first kappa shape index (κ1) is 25.7. The fraction of sp³-hybridized carbons (Fsp3) is 0.346. The molecule has 1 fully saturated rings. The van der Waals surface area contributed by atoms with E-state index < -0.39 is 18.0 Å². The lowest BCUT2D eigenvalue weighted by Crippen LogP contribution is -2.32. The molecule has 2 N–H and O–H groups in total. The summed E-state index contributed by atoms with van der Waals surface area (Å²) < 4.78 is 10.6. The SMILES string of the molecule is CN(C(=O)Nc1cc(C(C)(C)C)on1)c1ccccc1NC(=O)c1ccc(OC(=O)N2CCCC2)cn1. The van der Waals surface area contributed by atoms with Crippen molar-refractivity contribution >= 4 is 35.2 Å². The standard InChI is InChI=1S/C26H30N6O5/c1-26(2,3)21-15-22(30-37-21)29-24(34)31(4)20-10-6-5-9-18(20)28-23(33)19-12-11-17(16-27-19)36-25(35)32-13-7-8-14-32/h5-6,9-12,15-16H,7-8,13-14H2,1-4H3,(H,28,33)(H,29,30,34). The van der Waals surface area contributed by atoms with Gasteiger partial charge in [-0.3, -0.25) is 15.0 Å². The van der Waals surface area contributed by atoms with E-state index in [0.29, 0.717) is 30.2 Å². The topological polar surface area (TPSA) is 130 Å². The van der Waals surface area contributed by atoms with Crippen molar-refractivity contribution in [2.45, 2.75) is 39.0 Å². The molecule has 37 heavy (non-hydrogen) atoms. The van der Waals surface area contributed by atoms with Crippen molar-refractivity contribution in [3.05, 3.63) is 60.1 Å². The number of anilines is 3. The number of pyridine rings is 1. The molecular formula is C26H30N6O5. The monoisotopic (exact) mass is 506 g/mol. The first-order valence-corrected chi connectivity index (χ1v) is 12.0. The van der Waals surface area contributed by atoms with Crippen molar-refractivity contribution in [1.82, 2.24) is 15.0 Å². The third-order valence-corrected chi connectivity index (χ3v) is 5.84. The van der Waals surface area contributed by atoms with E-state index in [4.69, 9.17) is 9.26 Å². The molecule has 1 aromatic carbocycles. The van der Waals surface area contributed by atoms with Crippen molar-refractivity contribution in [3.8, 4) is 5.75 Å². The van der Waals surface area contributed by atoms with Gasteiger partial charge in [-0.2, -0.15) is 0 Å². The van der Waals surface area contributed by atoms with Gasteiger partial charge in [-0.05, 0) is 37.1 Å². The molecule has 3 aromatic rings. The highest BCUT2D eigenvalue weighted by molar-refractivity contribution is 6.08. The zero-order valence-corrected chi connectivity index (χ0v) is 21.3. The Morgan fingerprint density at radius 2 is 1.78 bits per heavy atom. The molecule has 1 aliphatic rings. The molecule has 0 unspecified atom stereocenters. The van der Waals surface area contributed by atoms with E-state index in [9.17, 15) is 14.4 Å². The van der Waals surface area contributed by atoms with Crippen LogP contribution in [0.2, 0.25) is 0 Å². The van der Waals surface area contributed by atoms with Crippen LogP contribution in [0, 0.1) is 0 Å². The van der Waals surface area contributed by atoms with Gasteiger partial charge in [-0.25, -0.2) is 14.6 Å². The van der Waals surface area contributed by atoms with Gasteiger partial charge < -0.3 is 19.5 Å². The Labute approximate surface area is 214 Å². The first-order valence-electron chi connectivity index (χ1n) is 12.0. The molecule has 0 bridgehead atoms. The van der Waals surface area contributed by atoms with Gasteiger partial charge >= 0.3 is 12.1 Å². The summed E-state index contributed by atoms with van der Waals surface area (Å²) in [5.41, 5.74) is 0.747. The average molecular weight is 507 g/mol. The Morgan fingerprint density at radius 3 is 2.43 bits per heavy atom. The number of ether oxygens (including phenoxy) is 1. The van der Waals surface area contributed by atoms with Crippen LogP contribution in [0.3, 0.4) is 0 Å². The molecule has 194 valence electrons. The van der Waals surface area contributed by atoms with Crippen LogP contribution in [0.1, 0.15) is 49.9 Å². The summed E-state index contributed by atoms with van der Waals surface area (Å²) in [6.07, 6.45) is 2.83. The number of likely N-dealkylation sites (tertiary alicyclic amines) is 1. The number of para-hydroxylation sites is 2. The summed E-state index contributed by atoms with van der Waals surface area (Å²) in [5.74, 6) is 0.707. The molecule has 0 aliphatic carbocycles. The number of carbonyl (C=O) groups is 3. The highest BCUT2D eigenvalue weighted by Gasteiger charge is 2.23. The van der Waals surface area contributed by atoms with Gasteiger partial charge in [0.1, 0.15) is 11.5 Å². The quantitative estimate of drug-likeness (QED) is 0.504. The minimum absolute atomic E-state index is 0.125. The summed E-state index contributed by atoms with van der Waals surface area (Å²) >= 11 is 0. The zero-order valence-electron chi connectivity index (χ0n) is 21.3. The van der Waals surface area contributed by atoms with Gasteiger partial charge in [0.15, 0.2) is 11.6 Å². The van der Waals surface area contributed by atoms with Gasteiger partial charge in [0, 0.05) is 31.6 Å². The van der Waals surface area contributed by atoms with Crippen LogP contribution in [0.15, 0.2) is 53.2 Å². The fourth-order valence-electron chi connectivity index (χ4n) is 3.69. The third kappa shape index (κ3) is 6.24. The molecule has 11 nitrogen and oxygen atoms in total. The van der Waals surface area contributed by atoms with E-state index >= 15 is 0 Å². The van der Waals surface area contributed by atoms with E-state index in [2.05, 4.69) is 20.8 Å². The molecule has 0 radical (unpaired) electrons. The molecule has 1 saturated heterocycles. The molecule has 0 saturated carbocycles. The maximum absolute atomic E-state index is 12.9. The van der Waals surface area contributed by atoms with Gasteiger partial charge in [0.05, 0.1) is 17.6 Å². The minimum atomic E-state index is -0.481. The predicted octanol–water partition coefficient (Wildman–Crippen LogP) is 4.88. The number of aromatic nitrogens is 2. The Kier molecular flexibility index (Phi) is 7.42. The molecule has 1 aliphatic heterocycles. The van der Waals surface area contributed by atoms with Crippen LogP contribution in [0.25, 0.3) is 0 Å². The van der Waals surface area contributed by atoms with Gasteiger partial charge in [-0.15, -0.1) is 0 Å². The Balaban J connectivity index is 1.40. The summed E-state index contributed by atoms with van der Waals surface area (Å²) in [6, 6.07) is 11.1. The summed E-state index contributed by atoms with van der Waals surface area (Å²) in [7, 11) is 1.58. The van der Waals surface area contributed by atoms with Crippen LogP contribution < -0.4 is 20.3 Å². The Morgan fingerprint density at radius 1 is 1.05 bits per heavy atom. The lowest BCUT2D eigenvalue weighted by Gasteiger charge is -2.20. The number of benzene rings is 1. The minimum Gasteiger partial charge on any atom is -0.409 e.